The molecule has 0 aliphatic heterocycles. The number of aliphatic hydroxyl groups excluding tert-OH is 1. The van der Waals surface area contributed by atoms with Crippen LogP contribution in [-0.4, -0.2) is 33.0 Å². The highest BCUT2D eigenvalue weighted by Gasteiger charge is 2.19. The molecule has 1 heterocycles. The van der Waals surface area contributed by atoms with E-state index in [9.17, 15) is 0 Å². The molecule has 18 heavy (non-hydrogen) atoms. The summed E-state index contributed by atoms with van der Waals surface area (Å²) in [7, 11) is 0. The molecule has 5 nitrogen and oxygen atoms in total. The van der Waals surface area contributed by atoms with E-state index in [0.29, 0.717) is 5.56 Å². The van der Waals surface area contributed by atoms with Crippen LogP contribution in [0.2, 0.25) is 0 Å². The third-order valence-corrected chi connectivity index (χ3v) is 4.06. The predicted molar refractivity (Wildman–Crippen MR) is 71.2 cm³/mol. The molecule has 0 fully saturated rings. The van der Waals surface area contributed by atoms with Crippen molar-refractivity contribution in [2.75, 3.05) is 6.61 Å². The van der Waals surface area contributed by atoms with Crippen molar-refractivity contribution in [3.63, 3.8) is 0 Å². The molecule has 1 aromatic rings. The highest BCUT2D eigenvalue weighted by atomic mass is 32.2. The number of rotatable bonds is 4. The summed E-state index contributed by atoms with van der Waals surface area (Å²) in [5.41, 5.74) is 8.62. The Kier molecular flexibility index (Phi) is 4.08. The van der Waals surface area contributed by atoms with Gasteiger partial charge in [0.25, 0.3) is 0 Å². The first kappa shape index (κ1) is 13.2. The molecule has 1 atom stereocenters. The Hall–Kier alpha value is -1.27. The Bertz CT molecular complexity index is 477. The number of nitrogens with two attached hydrogens (primary N) is 1. The number of aliphatic hydroxyl groups is 1. The number of nitrogens with zero attached hydrogens (tertiary/aromatic N) is 2. The standard InChI is InChI=1S/C12H17N3O2S/c1-7(6-16)18-12-9(11(13)15-17)5-8-3-2-4-10(8)14-12/h5,7,16-17H,2-4,6H2,1H3,(H2,13,15). The van der Waals surface area contributed by atoms with E-state index in [1.165, 1.54) is 17.3 Å². The summed E-state index contributed by atoms with van der Waals surface area (Å²) in [6.07, 6.45) is 3.07. The summed E-state index contributed by atoms with van der Waals surface area (Å²) in [4.78, 5) is 4.59. The van der Waals surface area contributed by atoms with E-state index in [0.717, 1.165) is 30.0 Å². The lowest BCUT2D eigenvalue weighted by molar-refractivity contribution is 0.300. The van der Waals surface area contributed by atoms with Crippen molar-refractivity contribution in [2.45, 2.75) is 36.5 Å². The predicted octanol–water partition coefficient (Wildman–Crippen LogP) is 1.14. The fraction of sp³-hybridized carbons (Fsp3) is 0.500. The van der Waals surface area contributed by atoms with Gasteiger partial charge in [-0.15, -0.1) is 11.8 Å². The molecule has 6 heteroatoms. The van der Waals surface area contributed by atoms with Gasteiger partial charge in [0.1, 0.15) is 5.03 Å². The Morgan fingerprint density at radius 3 is 3.06 bits per heavy atom. The molecular weight excluding hydrogens is 250 g/mol. The number of thioether (sulfide) groups is 1. The lowest BCUT2D eigenvalue weighted by Crippen LogP contribution is -2.17. The van der Waals surface area contributed by atoms with Crippen LogP contribution >= 0.6 is 11.8 Å². The monoisotopic (exact) mass is 267 g/mol. The Balaban J connectivity index is 2.41. The molecule has 4 N–H and O–H groups in total. The summed E-state index contributed by atoms with van der Waals surface area (Å²) in [6, 6.07) is 1.96. The van der Waals surface area contributed by atoms with E-state index < -0.39 is 0 Å². The lowest BCUT2D eigenvalue weighted by atomic mass is 10.1. The largest absolute Gasteiger partial charge is 0.409 e. The highest BCUT2D eigenvalue weighted by molar-refractivity contribution is 7.99. The molecule has 1 unspecified atom stereocenters. The van der Waals surface area contributed by atoms with Crippen molar-refractivity contribution < 1.29 is 10.3 Å². The summed E-state index contributed by atoms with van der Waals surface area (Å²) in [5.74, 6) is 0.0739. The minimum Gasteiger partial charge on any atom is -0.409 e. The zero-order valence-electron chi connectivity index (χ0n) is 10.3. The van der Waals surface area contributed by atoms with E-state index in [2.05, 4.69) is 10.1 Å². The van der Waals surface area contributed by atoms with Gasteiger partial charge in [-0.05, 0) is 30.9 Å². The SMILES string of the molecule is CC(CO)Sc1nc2c(cc1C(N)=NO)CCC2. The Morgan fingerprint density at radius 1 is 1.61 bits per heavy atom. The minimum atomic E-state index is 0.0298. The topological polar surface area (TPSA) is 91.7 Å². The molecule has 1 aliphatic carbocycles. The van der Waals surface area contributed by atoms with Gasteiger partial charge in [0.2, 0.25) is 0 Å². The van der Waals surface area contributed by atoms with Crippen LogP contribution in [0.3, 0.4) is 0 Å². The molecule has 0 aromatic carbocycles. The zero-order valence-corrected chi connectivity index (χ0v) is 11.1. The second kappa shape index (κ2) is 5.58. The van der Waals surface area contributed by atoms with Crippen LogP contribution in [0.4, 0.5) is 0 Å². The van der Waals surface area contributed by atoms with E-state index in [1.807, 2.05) is 13.0 Å². The third-order valence-electron chi connectivity index (χ3n) is 2.97. The van der Waals surface area contributed by atoms with Crippen LogP contribution in [0.1, 0.15) is 30.2 Å². The zero-order chi connectivity index (χ0) is 13.1. The second-order valence-corrected chi connectivity index (χ2v) is 5.82. The second-order valence-electron chi connectivity index (χ2n) is 4.40. The number of pyridine rings is 1. The van der Waals surface area contributed by atoms with Gasteiger partial charge in [-0.3, -0.25) is 0 Å². The van der Waals surface area contributed by atoms with E-state index in [-0.39, 0.29) is 17.7 Å². The number of aryl methyl sites for hydroxylation is 2. The highest BCUT2D eigenvalue weighted by Crippen LogP contribution is 2.30. The fourth-order valence-corrected chi connectivity index (χ4v) is 2.92. The summed E-state index contributed by atoms with van der Waals surface area (Å²) in [6.45, 7) is 1.98. The first-order chi connectivity index (χ1) is 8.65. The van der Waals surface area contributed by atoms with Crippen molar-refractivity contribution in [1.29, 1.82) is 0 Å². The van der Waals surface area contributed by atoms with Gasteiger partial charge < -0.3 is 16.0 Å². The number of amidine groups is 1. The van der Waals surface area contributed by atoms with Crippen LogP contribution in [0.25, 0.3) is 0 Å². The van der Waals surface area contributed by atoms with Crippen molar-refractivity contribution in [1.82, 2.24) is 4.98 Å². The first-order valence-corrected chi connectivity index (χ1v) is 6.82. The minimum absolute atomic E-state index is 0.0298. The van der Waals surface area contributed by atoms with Gasteiger partial charge in [-0.2, -0.15) is 0 Å². The summed E-state index contributed by atoms with van der Waals surface area (Å²) < 4.78 is 0. The number of hydrogen-bond donors (Lipinski definition) is 3. The normalized spacial score (nSPS) is 16.7. The van der Waals surface area contributed by atoms with Crippen LogP contribution < -0.4 is 5.73 Å². The molecule has 1 aromatic heterocycles. The molecule has 0 radical (unpaired) electrons. The fourth-order valence-electron chi connectivity index (χ4n) is 2.01. The molecule has 0 spiro atoms. The van der Waals surface area contributed by atoms with Crippen molar-refractivity contribution >= 4 is 17.6 Å². The quantitative estimate of drug-likeness (QED) is 0.250. The van der Waals surface area contributed by atoms with Gasteiger partial charge in [0.15, 0.2) is 5.84 Å². The van der Waals surface area contributed by atoms with Crippen molar-refractivity contribution in [2.24, 2.45) is 10.9 Å². The average molecular weight is 267 g/mol. The van der Waals surface area contributed by atoms with Gasteiger partial charge in [0.05, 0.1) is 12.2 Å². The molecule has 0 saturated carbocycles. The Morgan fingerprint density at radius 2 is 2.39 bits per heavy atom. The van der Waals surface area contributed by atoms with Crippen LogP contribution in [0, 0.1) is 0 Å². The van der Waals surface area contributed by atoms with Crippen LogP contribution in [-0.2, 0) is 12.8 Å². The third kappa shape index (κ3) is 2.59. The van der Waals surface area contributed by atoms with Crippen LogP contribution in [0.15, 0.2) is 16.2 Å². The molecule has 0 saturated heterocycles. The summed E-state index contributed by atoms with van der Waals surface area (Å²) >= 11 is 1.45. The number of fused-ring (bicyclic) bond motifs is 1. The van der Waals surface area contributed by atoms with E-state index in [1.54, 1.807) is 0 Å². The first-order valence-electron chi connectivity index (χ1n) is 5.94. The molecule has 1 aliphatic rings. The van der Waals surface area contributed by atoms with E-state index in [4.69, 9.17) is 16.0 Å². The molecule has 0 amide bonds. The van der Waals surface area contributed by atoms with Crippen LogP contribution in [0.5, 0.6) is 0 Å². The molecule has 98 valence electrons. The summed E-state index contributed by atoms with van der Waals surface area (Å²) in [5, 5.41) is 21.8. The molecular formula is C12H17N3O2S. The van der Waals surface area contributed by atoms with Gasteiger partial charge in [0, 0.05) is 10.9 Å². The average Bonchev–Trinajstić information content (AvgIpc) is 2.83. The van der Waals surface area contributed by atoms with E-state index >= 15 is 0 Å². The number of hydrogen-bond acceptors (Lipinski definition) is 5. The maximum Gasteiger partial charge on any atom is 0.172 e. The maximum atomic E-state index is 9.12. The van der Waals surface area contributed by atoms with Gasteiger partial charge in [-0.25, -0.2) is 4.98 Å². The van der Waals surface area contributed by atoms with Crippen molar-refractivity contribution in [3.8, 4) is 0 Å². The molecule has 0 bridgehead atoms. The van der Waals surface area contributed by atoms with Crippen molar-refractivity contribution in [3.05, 3.63) is 22.9 Å². The molecule has 2 rings (SSSR count). The Labute approximate surface area is 110 Å². The number of aromatic nitrogens is 1. The number of oxime groups is 1. The maximum absolute atomic E-state index is 9.12. The smallest absolute Gasteiger partial charge is 0.172 e. The van der Waals surface area contributed by atoms with Gasteiger partial charge in [-0.1, -0.05) is 12.1 Å². The lowest BCUT2D eigenvalue weighted by Gasteiger charge is -2.13. The van der Waals surface area contributed by atoms with Gasteiger partial charge >= 0.3 is 0 Å².